The van der Waals surface area contributed by atoms with Crippen molar-refractivity contribution >= 4 is 18.0 Å². The summed E-state index contributed by atoms with van der Waals surface area (Å²) in [6, 6.07) is 50.2. The number of alkyl carbamates (subject to hydrolysis) is 1. The largest absolute Gasteiger partial charge is 0.480 e. The lowest BCUT2D eigenvalue weighted by Gasteiger charge is -2.36. The normalized spacial score (nSPS) is 13.7. The number of hydrogen-bond acceptors (Lipinski definition) is 6. The number of carbonyl (C=O) groups is 3. The molecule has 0 saturated heterocycles. The van der Waals surface area contributed by atoms with Crippen LogP contribution in [0.5, 0.6) is 5.75 Å². The average Bonchev–Trinajstić information content (AvgIpc) is 3.55. The Balaban J connectivity index is 1.13. The number of ether oxygens (including phenoxy) is 2. The van der Waals surface area contributed by atoms with E-state index < -0.39 is 41.8 Å². The monoisotopic (exact) mass is 746 g/mol. The van der Waals surface area contributed by atoms with Crippen LogP contribution in [-0.4, -0.2) is 53.0 Å². The smallest absolute Gasteiger partial charge is 0.407 e. The summed E-state index contributed by atoms with van der Waals surface area (Å²) in [4.78, 5) is 38.9. The van der Waals surface area contributed by atoms with Crippen LogP contribution in [0.1, 0.15) is 46.2 Å². The van der Waals surface area contributed by atoms with E-state index in [9.17, 15) is 24.6 Å². The van der Waals surface area contributed by atoms with Crippen molar-refractivity contribution in [1.82, 2.24) is 10.6 Å². The number of nitrogens with one attached hydrogen (secondary N) is 2. The Morgan fingerprint density at radius 1 is 0.643 bits per heavy atom. The van der Waals surface area contributed by atoms with Gasteiger partial charge in [-0.25, -0.2) is 9.59 Å². The molecule has 0 heterocycles. The second-order valence-electron chi connectivity index (χ2n) is 13.8. The second-order valence-corrected chi connectivity index (χ2v) is 13.8. The van der Waals surface area contributed by atoms with E-state index in [0.29, 0.717) is 11.3 Å². The molecule has 7 rings (SSSR count). The van der Waals surface area contributed by atoms with Gasteiger partial charge in [0.25, 0.3) is 0 Å². The van der Waals surface area contributed by atoms with Crippen molar-refractivity contribution in [2.24, 2.45) is 0 Å². The van der Waals surface area contributed by atoms with Gasteiger partial charge in [0.05, 0.1) is 6.10 Å². The molecule has 0 spiro atoms. The van der Waals surface area contributed by atoms with Crippen molar-refractivity contribution in [1.29, 1.82) is 0 Å². The van der Waals surface area contributed by atoms with Crippen molar-refractivity contribution in [3.63, 3.8) is 0 Å². The first-order valence-corrected chi connectivity index (χ1v) is 18.5. The maximum atomic E-state index is 13.6. The molecule has 9 nitrogen and oxygen atoms in total. The fourth-order valence-electron chi connectivity index (χ4n) is 7.44. The molecule has 6 aromatic carbocycles. The number of amides is 2. The highest BCUT2D eigenvalue weighted by molar-refractivity contribution is 5.89. The van der Waals surface area contributed by atoms with Gasteiger partial charge in [0.15, 0.2) is 11.6 Å². The lowest BCUT2D eigenvalue weighted by Crippen LogP contribution is -2.55. The molecule has 0 aromatic heterocycles. The number of aliphatic hydroxyl groups excluding tert-OH is 1. The van der Waals surface area contributed by atoms with Crippen LogP contribution in [0.4, 0.5) is 4.79 Å². The predicted octanol–water partition coefficient (Wildman–Crippen LogP) is 7.46. The number of benzene rings is 6. The van der Waals surface area contributed by atoms with Gasteiger partial charge in [0.1, 0.15) is 18.4 Å². The van der Waals surface area contributed by atoms with Crippen molar-refractivity contribution in [2.75, 3.05) is 6.61 Å². The quantitative estimate of drug-likeness (QED) is 0.0851. The van der Waals surface area contributed by atoms with Gasteiger partial charge < -0.3 is 30.3 Å². The number of fused-ring (bicyclic) bond motifs is 3. The van der Waals surface area contributed by atoms with Gasteiger partial charge in [-0.05, 0) is 46.9 Å². The molecular weight excluding hydrogens is 705 g/mol. The highest BCUT2D eigenvalue weighted by Crippen LogP contribution is 2.45. The van der Waals surface area contributed by atoms with Gasteiger partial charge in [0.2, 0.25) is 5.91 Å². The minimum atomic E-state index is -1.59. The second kappa shape index (κ2) is 16.8. The number of hydrogen-bond donors (Lipinski definition) is 4. The van der Waals surface area contributed by atoms with Crippen molar-refractivity contribution < 1.29 is 34.1 Å². The van der Waals surface area contributed by atoms with E-state index >= 15 is 0 Å². The van der Waals surface area contributed by atoms with Crippen LogP contribution in [0.3, 0.4) is 0 Å². The summed E-state index contributed by atoms with van der Waals surface area (Å²) in [5.74, 6) is -1.85. The number of carboxylic acid groups (broad SMARTS) is 1. The maximum Gasteiger partial charge on any atom is 0.407 e. The van der Waals surface area contributed by atoms with Gasteiger partial charge in [0, 0.05) is 29.0 Å². The van der Waals surface area contributed by atoms with E-state index in [2.05, 4.69) is 10.6 Å². The first-order chi connectivity index (χ1) is 27.2. The van der Waals surface area contributed by atoms with Crippen LogP contribution in [0.2, 0.25) is 0 Å². The minimum Gasteiger partial charge on any atom is -0.480 e. The van der Waals surface area contributed by atoms with Crippen LogP contribution in [0.25, 0.3) is 11.1 Å². The third kappa shape index (κ3) is 7.90. The van der Waals surface area contributed by atoms with Crippen molar-refractivity contribution in [3.05, 3.63) is 197 Å². The lowest BCUT2D eigenvalue weighted by molar-refractivity contribution is -0.145. The van der Waals surface area contributed by atoms with E-state index in [1.165, 1.54) is 6.92 Å². The molecule has 9 heteroatoms. The molecule has 0 radical (unpaired) electrons. The molecule has 0 saturated carbocycles. The van der Waals surface area contributed by atoms with Gasteiger partial charge in [-0.1, -0.05) is 152 Å². The van der Waals surface area contributed by atoms with E-state index in [1.807, 2.05) is 140 Å². The first kappa shape index (κ1) is 37.6. The van der Waals surface area contributed by atoms with Crippen LogP contribution >= 0.6 is 0 Å². The number of rotatable bonds is 14. The highest BCUT2D eigenvalue weighted by Gasteiger charge is 2.39. The van der Waals surface area contributed by atoms with E-state index in [0.717, 1.165) is 38.9 Å². The molecule has 3 atom stereocenters. The summed E-state index contributed by atoms with van der Waals surface area (Å²) in [5, 5.41) is 24.8. The fourth-order valence-corrected chi connectivity index (χ4v) is 7.44. The molecular formula is C47H42N2O7. The highest BCUT2D eigenvalue weighted by atomic mass is 16.5. The molecule has 0 fully saturated rings. The Bertz CT molecular complexity index is 2140. The van der Waals surface area contributed by atoms with Crippen molar-refractivity contribution in [2.45, 2.75) is 43.1 Å². The van der Waals surface area contributed by atoms with Gasteiger partial charge in [-0.2, -0.15) is 0 Å². The summed E-state index contributed by atoms with van der Waals surface area (Å²) < 4.78 is 12.7. The Kier molecular flexibility index (Phi) is 11.2. The Morgan fingerprint density at radius 3 is 1.57 bits per heavy atom. The van der Waals surface area contributed by atoms with Crippen LogP contribution in [0.15, 0.2) is 164 Å². The first-order valence-electron chi connectivity index (χ1n) is 18.5. The Morgan fingerprint density at radius 2 is 1.11 bits per heavy atom. The molecule has 1 aliphatic carbocycles. The number of aliphatic hydroxyl groups is 1. The van der Waals surface area contributed by atoms with Crippen molar-refractivity contribution in [3.8, 4) is 16.9 Å². The van der Waals surface area contributed by atoms with Crippen LogP contribution < -0.4 is 15.4 Å². The zero-order valence-electron chi connectivity index (χ0n) is 30.7. The molecule has 282 valence electrons. The fraction of sp³-hybridized carbons (Fsp3) is 0.170. The summed E-state index contributed by atoms with van der Waals surface area (Å²) in [6.07, 6.45) is -2.24. The van der Waals surface area contributed by atoms with Gasteiger partial charge in [-0.3, -0.25) is 4.79 Å². The zero-order valence-corrected chi connectivity index (χ0v) is 30.7. The number of carboxylic acids is 1. The predicted molar refractivity (Wildman–Crippen MR) is 213 cm³/mol. The Labute approximate surface area is 325 Å². The summed E-state index contributed by atoms with van der Waals surface area (Å²) in [5.41, 5.74) is 6.66. The molecule has 0 unspecified atom stereocenters. The summed E-state index contributed by atoms with van der Waals surface area (Å²) in [7, 11) is 0. The van der Waals surface area contributed by atoms with E-state index in [-0.39, 0.29) is 18.9 Å². The molecule has 6 aromatic rings. The SMILES string of the molecule is C[C@@H](O)[C@H](NC(=O)[C@H](Cc1ccc(OC(c2ccccc2)(c2ccccc2)c2ccccc2)cc1)NC(=O)OCC1c2ccccc2-c2ccccc21)C(=O)O. The molecule has 0 aliphatic heterocycles. The number of aliphatic carboxylic acids is 1. The topological polar surface area (TPSA) is 134 Å². The molecule has 4 N–H and O–H groups in total. The number of carbonyl (C=O) groups excluding carboxylic acids is 2. The zero-order chi connectivity index (χ0) is 39.1. The third-order valence-corrected chi connectivity index (χ3v) is 10.2. The lowest BCUT2D eigenvalue weighted by atomic mass is 9.80. The average molecular weight is 747 g/mol. The molecule has 56 heavy (non-hydrogen) atoms. The Hall–Kier alpha value is -6.71. The van der Waals surface area contributed by atoms with E-state index in [1.54, 1.807) is 24.3 Å². The summed E-state index contributed by atoms with van der Waals surface area (Å²) in [6.45, 7) is 1.30. The maximum absolute atomic E-state index is 13.6. The summed E-state index contributed by atoms with van der Waals surface area (Å²) >= 11 is 0. The standard InChI is InChI=1S/C47H42N2O7/c1-31(50)43(45(52)53)49-44(51)42(48-46(54)55-30-41-39-23-13-11-21-37(39)38-22-12-14-24-40(38)41)29-32-25-27-36(28-26-32)56-47(33-15-5-2-6-16-33,34-17-7-3-8-18-34)35-19-9-4-10-20-35/h2-28,31,41-43,50H,29-30H2,1H3,(H,48,54)(H,49,51)(H,52,53)/t31-,42+,43+/m1/s1. The third-order valence-electron chi connectivity index (χ3n) is 10.2. The van der Waals surface area contributed by atoms with E-state index in [4.69, 9.17) is 9.47 Å². The molecule has 2 amide bonds. The van der Waals surface area contributed by atoms with Crippen LogP contribution in [0, 0.1) is 0 Å². The van der Waals surface area contributed by atoms with Gasteiger partial charge in [-0.15, -0.1) is 0 Å². The molecule has 0 bridgehead atoms. The van der Waals surface area contributed by atoms with Gasteiger partial charge >= 0.3 is 12.1 Å². The van der Waals surface area contributed by atoms with Crippen LogP contribution in [-0.2, 0) is 26.3 Å². The minimum absolute atomic E-state index is 0.0103. The molecule has 1 aliphatic rings.